The minimum atomic E-state index is -1.07. The number of para-hydroxylation sites is 2. The molecule has 7 heteroatoms. The van der Waals surface area contributed by atoms with E-state index in [1.165, 1.54) is 0 Å². The minimum absolute atomic E-state index is 0.0361. The number of ether oxygens (including phenoxy) is 2. The van der Waals surface area contributed by atoms with Crippen molar-refractivity contribution in [1.29, 1.82) is 0 Å². The number of rotatable bonds is 8. The SMILES string of the molecule is CCC[S+]([O-])CC(=O)N1CCS[C@H]1COc1ccccc1OC. The molecule has 0 saturated carbocycles. The van der Waals surface area contributed by atoms with Gasteiger partial charge in [0.05, 0.1) is 7.11 Å². The third kappa shape index (κ3) is 5.22. The van der Waals surface area contributed by atoms with E-state index in [1.807, 2.05) is 31.2 Å². The Hall–Kier alpha value is -1.05. The molecule has 0 spiro atoms. The molecule has 1 amide bonds. The van der Waals surface area contributed by atoms with E-state index in [0.29, 0.717) is 30.4 Å². The fraction of sp³-hybridized carbons (Fsp3) is 0.562. The Morgan fingerprint density at radius 3 is 2.87 bits per heavy atom. The van der Waals surface area contributed by atoms with E-state index < -0.39 is 11.2 Å². The maximum Gasteiger partial charge on any atom is 0.273 e. The largest absolute Gasteiger partial charge is 0.616 e. The van der Waals surface area contributed by atoms with Crippen molar-refractivity contribution >= 4 is 28.8 Å². The molecular formula is C16H23NO4S2. The van der Waals surface area contributed by atoms with Gasteiger partial charge in [0.1, 0.15) is 17.7 Å². The Kier molecular flexibility index (Phi) is 7.39. The highest BCUT2D eigenvalue weighted by atomic mass is 32.2. The molecule has 2 rings (SSSR count). The molecule has 0 aliphatic carbocycles. The standard InChI is InChI=1S/C16H23NO4S2/c1-3-10-23(19)12-15(18)17-8-9-22-16(17)11-21-14-7-5-4-6-13(14)20-2/h4-7,16H,3,8-12H2,1-2H3/t16-,23?/m0/s1. The molecule has 2 atom stereocenters. The summed E-state index contributed by atoms with van der Waals surface area (Å²) in [4.78, 5) is 14.1. The molecule has 1 aromatic carbocycles. The summed E-state index contributed by atoms with van der Waals surface area (Å²) in [5, 5.41) is -0.0361. The quantitative estimate of drug-likeness (QED) is 0.667. The first-order valence-corrected chi connectivity index (χ1v) is 10.2. The second-order valence-electron chi connectivity index (χ2n) is 5.16. The molecule has 0 bridgehead atoms. The molecule has 1 aromatic rings. The fourth-order valence-corrected chi connectivity index (χ4v) is 4.55. The molecule has 128 valence electrons. The lowest BCUT2D eigenvalue weighted by molar-refractivity contribution is -0.128. The summed E-state index contributed by atoms with van der Waals surface area (Å²) in [5.41, 5.74) is 0. The van der Waals surface area contributed by atoms with Crippen LogP contribution in [-0.2, 0) is 16.0 Å². The maximum absolute atomic E-state index is 12.3. The topological polar surface area (TPSA) is 61.8 Å². The van der Waals surface area contributed by atoms with Crippen molar-refractivity contribution in [2.75, 3.05) is 37.5 Å². The highest BCUT2D eigenvalue weighted by Crippen LogP contribution is 2.29. The van der Waals surface area contributed by atoms with Crippen molar-refractivity contribution in [3.63, 3.8) is 0 Å². The molecular weight excluding hydrogens is 334 g/mol. The lowest BCUT2D eigenvalue weighted by Gasteiger charge is -2.24. The van der Waals surface area contributed by atoms with Crippen molar-refractivity contribution in [3.8, 4) is 11.5 Å². The Labute approximate surface area is 144 Å². The van der Waals surface area contributed by atoms with Gasteiger partial charge in [-0.15, -0.1) is 11.8 Å². The van der Waals surface area contributed by atoms with Crippen molar-refractivity contribution in [3.05, 3.63) is 24.3 Å². The Balaban J connectivity index is 1.90. The van der Waals surface area contributed by atoms with Crippen LogP contribution >= 0.6 is 11.8 Å². The molecule has 0 radical (unpaired) electrons. The number of hydrogen-bond acceptors (Lipinski definition) is 5. The van der Waals surface area contributed by atoms with E-state index in [-0.39, 0.29) is 17.0 Å². The summed E-state index contributed by atoms with van der Waals surface area (Å²) < 4.78 is 22.9. The Morgan fingerprint density at radius 1 is 1.43 bits per heavy atom. The zero-order valence-corrected chi connectivity index (χ0v) is 15.2. The molecule has 1 fully saturated rings. The van der Waals surface area contributed by atoms with E-state index in [1.54, 1.807) is 23.8 Å². The molecule has 1 aliphatic heterocycles. The van der Waals surface area contributed by atoms with Gasteiger partial charge in [-0.2, -0.15) is 0 Å². The monoisotopic (exact) mass is 357 g/mol. The molecule has 0 aromatic heterocycles. The Morgan fingerprint density at radius 2 is 2.17 bits per heavy atom. The van der Waals surface area contributed by atoms with Crippen LogP contribution in [0.3, 0.4) is 0 Å². The molecule has 0 N–H and O–H groups in total. The van der Waals surface area contributed by atoms with Crippen LogP contribution < -0.4 is 9.47 Å². The number of hydrogen-bond donors (Lipinski definition) is 0. The van der Waals surface area contributed by atoms with Crippen LogP contribution in [0.25, 0.3) is 0 Å². The van der Waals surface area contributed by atoms with E-state index in [4.69, 9.17) is 9.47 Å². The number of carbonyl (C=O) groups excluding carboxylic acids is 1. The number of amides is 1. The van der Waals surface area contributed by atoms with Crippen LogP contribution in [0.5, 0.6) is 11.5 Å². The first-order chi connectivity index (χ1) is 11.2. The number of carbonyl (C=O) groups is 1. The van der Waals surface area contributed by atoms with Gasteiger partial charge in [0.15, 0.2) is 17.3 Å². The van der Waals surface area contributed by atoms with Crippen molar-refractivity contribution in [2.45, 2.75) is 18.7 Å². The number of nitrogens with zero attached hydrogens (tertiary/aromatic N) is 1. The molecule has 5 nitrogen and oxygen atoms in total. The third-order valence-electron chi connectivity index (χ3n) is 3.48. The normalized spacial score (nSPS) is 18.7. The molecule has 1 saturated heterocycles. The lowest BCUT2D eigenvalue weighted by atomic mass is 10.3. The zero-order chi connectivity index (χ0) is 16.7. The predicted molar refractivity (Wildman–Crippen MR) is 94.6 cm³/mol. The number of methoxy groups -OCH3 is 1. The Bertz CT molecular complexity index is 515. The van der Waals surface area contributed by atoms with Gasteiger partial charge in [0, 0.05) is 12.3 Å². The van der Waals surface area contributed by atoms with Gasteiger partial charge < -0.3 is 18.9 Å². The van der Waals surface area contributed by atoms with Gasteiger partial charge in [-0.1, -0.05) is 19.1 Å². The molecule has 1 heterocycles. The van der Waals surface area contributed by atoms with Gasteiger partial charge in [0.2, 0.25) is 0 Å². The number of thioether (sulfide) groups is 1. The summed E-state index contributed by atoms with van der Waals surface area (Å²) in [6.45, 7) is 3.06. The second kappa shape index (κ2) is 9.30. The van der Waals surface area contributed by atoms with Crippen molar-refractivity contribution in [2.24, 2.45) is 0 Å². The minimum Gasteiger partial charge on any atom is -0.616 e. The molecule has 23 heavy (non-hydrogen) atoms. The van der Waals surface area contributed by atoms with Crippen molar-refractivity contribution in [1.82, 2.24) is 4.90 Å². The zero-order valence-electron chi connectivity index (χ0n) is 13.5. The van der Waals surface area contributed by atoms with Gasteiger partial charge in [-0.05, 0) is 29.7 Å². The predicted octanol–water partition coefficient (Wildman–Crippen LogP) is 2.13. The van der Waals surface area contributed by atoms with Crippen LogP contribution in [0.1, 0.15) is 13.3 Å². The maximum atomic E-state index is 12.3. The fourth-order valence-electron chi connectivity index (χ4n) is 2.36. The molecule has 1 unspecified atom stereocenters. The second-order valence-corrected chi connectivity index (χ2v) is 8.03. The number of benzene rings is 1. The smallest absolute Gasteiger partial charge is 0.273 e. The molecule has 1 aliphatic rings. The highest BCUT2D eigenvalue weighted by Gasteiger charge is 2.32. The van der Waals surface area contributed by atoms with Crippen molar-refractivity contribution < 1.29 is 18.8 Å². The van der Waals surface area contributed by atoms with Gasteiger partial charge >= 0.3 is 0 Å². The first kappa shape index (κ1) is 18.3. The van der Waals surface area contributed by atoms with E-state index in [0.717, 1.165) is 12.2 Å². The van der Waals surface area contributed by atoms with Crippen LogP contribution in [0.15, 0.2) is 24.3 Å². The van der Waals surface area contributed by atoms with Gasteiger partial charge in [-0.3, -0.25) is 4.79 Å². The summed E-state index contributed by atoms with van der Waals surface area (Å²) in [5.74, 6) is 2.87. The summed E-state index contributed by atoms with van der Waals surface area (Å²) >= 11 is 0.625. The average molecular weight is 357 g/mol. The van der Waals surface area contributed by atoms with E-state index in [2.05, 4.69) is 0 Å². The highest BCUT2D eigenvalue weighted by molar-refractivity contribution is 8.00. The van der Waals surface area contributed by atoms with Crippen LogP contribution in [0.4, 0.5) is 0 Å². The van der Waals surface area contributed by atoms with Crippen LogP contribution in [-0.4, -0.2) is 58.3 Å². The first-order valence-electron chi connectivity index (χ1n) is 7.67. The lowest BCUT2D eigenvalue weighted by Crippen LogP contribution is -2.41. The third-order valence-corrected chi connectivity index (χ3v) is 6.10. The van der Waals surface area contributed by atoms with Crippen LogP contribution in [0, 0.1) is 0 Å². The summed E-state index contributed by atoms with van der Waals surface area (Å²) in [7, 11) is 1.60. The van der Waals surface area contributed by atoms with E-state index in [9.17, 15) is 9.35 Å². The summed E-state index contributed by atoms with van der Waals surface area (Å²) in [6.07, 6.45) is 0.828. The van der Waals surface area contributed by atoms with Crippen LogP contribution in [0.2, 0.25) is 0 Å². The van der Waals surface area contributed by atoms with Gasteiger partial charge in [-0.25, -0.2) is 0 Å². The van der Waals surface area contributed by atoms with Gasteiger partial charge in [0.25, 0.3) is 5.91 Å². The summed E-state index contributed by atoms with van der Waals surface area (Å²) in [6, 6.07) is 7.46. The average Bonchev–Trinajstić information content (AvgIpc) is 3.02. The van der Waals surface area contributed by atoms with E-state index >= 15 is 0 Å².